The summed E-state index contributed by atoms with van der Waals surface area (Å²) in [4.78, 5) is 29.1. The van der Waals surface area contributed by atoms with Crippen LogP contribution in [0.4, 0.5) is 10.5 Å². The Labute approximate surface area is 208 Å². The average Bonchev–Trinajstić information content (AvgIpc) is 2.80. The first-order chi connectivity index (χ1) is 16.4. The number of nitrogens with one attached hydrogen (secondary N) is 1. The molecule has 2 aromatic rings. The van der Waals surface area contributed by atoms with Crippen molar-refractivity contribution in [2.24, 2.45) is 5.73 Å². The van der Waals surface area contributed by atoms with Crippen molar-refractivity contribution in [3.8, 4) is 5.75 Å². The second-order valence-electron chi connectivity index (χ2n) is 8.77. The van der Waals surface area contributed by atoms with Crippen LogP contribution in [0.3, 0.4) is 0 Å². The molecule has 2 fully saturated rings. The molecule has 0 saturated carbocycles. The summed E-state index contributed by atoms with van der Waals surface area (Å²) >= 11 is 3.51. The van der Waals surface area contributed by atoms with Gasteiger partial charge in [-0.25, -0.2) is 4.79 Å². The van der Waals surface area contributed by atoms with E-state index >= 15 is 0 Å². The van der Waals surface area contributed by atoms with Crippen LogP contribution in [-0.4, -0.2) is 73.3 Å². The van der Waals surface area contributed by atoms with Crippen molar-refractivity contribution in [1.29, 1.82) is 0 Å². The predicted molar refractivity (Wildman–Crippen MR) is 134 cm³/mol. The molecule has 3 N–H and O–H groups in total. The van der Waals surface area contributed by atoms with E-state index in [0.29, 0.717) is 31.7 Å². The van der Waals surface area contributed by atoms with Gasteiger partial charge in [-0.1, -0.05) is 28.1 Å². The topological polar surface area (TPSA) is 97.1 Å². The fourth-order valence-electron chi connectivity index (χ4n) is 5.08. The number of carbonyl (C=O) groups excluding carboxylic acids is 2. The molecule has 4 unspecified atom stereocenters. The Bertz CT molecular complexity index is 1000. The highest BCUT2D eigenvalue weighted by atomic mass is 79.9. The summed E-state index contributed by atoms with van der Waals surface area (Å²) in [6.07, 6.45) is 0.275. The zero-order chi connectivity index (χ0) is 24.2. The molecule has 9 heteroatoms. The number of esters is 1. The van der Waals surface area contributed by atoms with Crippen molar-refractivity contribution >= 4 is 33.6 Å². The van der Waals surface area contributed by atoms with E-state index in [1.165, 1.54) is 12.5 Å². The standard InChI is InChI=1S/C25H31BrN4O4/c1-16(31)34-21-11-12-30-22(13-27)24(17-3-5-18(26)6-4-17)23(30)15-29(14-21)25(32)28-19-7-9-20(33-2)10-8-19/h3-10,21-24H,11-15,27H2,1-2H3,(H,28,32). The molecule has 2 heterocycles. The van der Waals surface area contributed by atoms with Gasteiger partial charge in [0.05, 0.1) is 13.7 Å². The van der Waals surface area contributed by atoms with Gasteiger partial charge in [0.15, 0.2) is 0 Å². The van der Waals surface area contributed by atoms with Crippen LogP contribution in [-0.2, 0) is 9.53 Å². The Kier molecular flexibility index (Phi) is 7.75. The van der Waals surface area contributed by atoms with Crippen molar-refractivity contribution in [3.05, 3.63) is 58.6 Å². The first-order valence-electron chi connectivity index (χ1n) is 11.5. The number of amides is 2. The first kappa shape index (κ1) is 24.5. The van der Waals surface area contributed by atoms with Crippen molar-refractivity contribution < 1.29 is 19.1 Å². The number of nitrogens with two attached hydrogens (primary N) is 1. The molecule has 2 amide bonds. The average molecular weight is 531 g/mol. The van der Waals surface area contributed by atoms with Crippen LogP contribution in [0.5, 0.6) is 5.75 Å². The Hall–Kier alpha value is -2.62. The van der Waals surface area contributed by atoms with Gasteiger partial charge in [0.25, 0.3) is 0 Å². The van der Waals surface area contributed by atoms with E-state index in [0.717, 1.165) is 16.8 Å². The molecule has 0 radical (unpaired) electrons. The second-order valence-corrected chi connectivity index (χ2v) is 9.68. The molecule has 0 bridgehead atoms. The number of benzene rings is 2. The maximum Gasteiger partial charge on any atom is 0.322 e. The van der Waals surface area contributed by atoms with E-state index in [1.807, 2.05) is 12.1 Å². The number of methoxy groups -OCH3 is 1. The molecule has 2 aromatic carbocycles. The number of anilines is 1. The Morgan fingerprint density at radius 1 is 1.12 bits per heavy atom. The minimum atomic E-state index is -0.370. The van der Waals surface area contributed by atoms with Crippen LogP contribution in [0.25, 0.3) is 0 Å². The lowest BCUT2D eigenvalue weighted by Crippen LogP contribution is -2.69. The number of urea groups is 1. The highest BCUT2D eigenvalue weighted by Crippen LogP contribution is 2.42. The van der Waals surface area contributed by atoms with Gasteiger partial charge < -0.3 is 25.4 Å². The van der Waals surface area contributed by atoms with Crippen molar-refractivity contribution in [3.63, 3.8) is 0 Å². The molecular formula is C25H31BrN4O4. The van der Waals surface area contributed by atoms with E-state index in [1.54, 1.807) is 36.3 Å². The molecule has 4 atom stereocenters. The first-order valence-corrected chi connectivity index (χ1v) is 12.3. The van der Waals surface area contributed by atoms with E-state index in [2.05, 4.69) is 38.3 Å². The van der Waals surface area contributed by atoms with E-state index in [-0.39, 0.29) is 36.1 Å². The monoisotopic (exact) mass is 530 g/mol. The van der Waals surface area contributed by atoms with Crippen LogP contribution >= 0.6 is 15.9 Å². The summed E-state index contributed by atoms with van der Waals surface area (Å²) in [6.45, 7) is 3.54. The molecular weight excluding hydrogens is 500 g/mol. The van der Waals surface area contributed by atoms with Gasteiger partial charge in [0.1, 0.15) is 11.9 Å². The minimum absolute atomic E-state index is 0.134. The van der Waals surface area contributed by atoms with Gasteiger partial charge in [0, 0.05) is 54.7 Å². The lowest BCUT2D eigenvalue weighted by atomic mass is 9.74. The Balaban J connectivity index is 1.56. The molecule has 4 rings (SSSR count). The predicted octanol–water partition coefficient (Wildman–Crippen LogP) is 3.42. The summed E-state index contributed by atoms with van der Waals surface area (Å²) < 4.78 is 11.8. The number of halogens is 1. The summed E-state index contributed by atoms with van der Waals surface area (Å²) in [5.74, 6) is 0.596. The van der Waals surface area contributed by atoms with E-state index in [9.17, 15) is 9.59 Å². The third-order valence-corrected chi connectivity index (χ3v) is 7.21. The Morgan fingerprint density at radius 2 is 1.82 bits per heavy atom. The maximum absolute atomic E-state index is 13.3. The zero-order valence-corrected chi connectivity index (χ0v) is 21.0. The summed E-state index contributed by atoms with van der Waals surface area (Å²) in [6, 6.07) is 15.6. The molecule has 2 saturated heterocycles. The highest BCUT2D eigenvalue weighted by Gasteiger charge is 2.50. The number of hydrogen-bond acceptors (Lipinski definition) is 6. The van der Waals surface area contributed by atoms with Crippen molar-refractivity contribution in [1.82, 2.24) is 9.80 Å². The third-order valence-electron chi connectivity index (χ3n) is 6.68. The van der Waals surface area contributed by atoms with E-state index in [4.69, 9.17) is 15.2 Å². The number of fused-ring (bicyclic) bond motifs is 1. The van der Waals surface area contributed by atoms with Gasteiger partial charge in [-0.3, -0.25) is 9.69 Å². The SMILES string of the molecule is COc1ccc(NC(=O)N2CC(OC(C)=O)CCN3C(CN)C(c4ccc(Br)cc4)C3C2)cc1. The van der Waals surface area contributed by atoms with Crippen LogP contribution in [0.2, 0.25) is 0 Å². The van der Waals surface area contributed by atoms with Crippen molar-refractivity contribution in [2.75, 3.05) is 38.6 Å². The van der Waals surface area contributed by atoms with Gasteiger partial charge in [0.2, 0.25) is 0 Å². The van der Waals surface area contributed by atoms with Gasteiger partial charge in [-0.05, 0) is 48.4 Å². The van der Waals surface area contributed by atoms with Gasteiger partial charge in [-0.2, -0.15) is 0 Å². The molecule has 182 valence electrons. The Morgan fingerprint density at radius 3 is 2.44 bits per heavy atom. The third kappa shape index (κ3) is 5.37. The smallest absolute Gasteiger partial charge is 0.322 e. The molecule has 8 nitrogen and oxygen atoms in total. The fourth-order valence-corrected chi connectivity index (χ4v) is 5.34. The molecule has 0 aromatic heterocycles. The zero-order valence-electron chi connectivity index (χ0n) is 19.4. The normalized spacial score (nSPS) is 24.8. The van der Waals surface area contributed by atoms with Crippen LogP contribution in [0.1, 0.15) is 24.8 Å². The number of rotatable bonds is 5. The quantitative estimate of drug-likeness (QED) is 0.575. The van der Waals surface area contributed by atoms with Crippen LogP contribution in [0.15, 0.2) is 53.0 Å². The van der Waals surface area contributed by atoms with Crippen LogP contribution in [0, 0.1) is 0 Å². The minimum Gasteiger partial charge on any atom is -0.497 e. The summed E-state index contributed by atoms with van der Waals surface area (Å²) in [5.41, 5.74) is 8.07. The largest absolute Gasteiger partial charge is 0.497 e. The van der Waals surface area contributed by atoms with Crippen molar-refractivity contribution in [2.45, 2.75) is 37.5 Å². The highest BCUT2D eigenvalue weighted by molar-refractivity contribution is 9.10. The van der Waals surface area contributed by atoms with E-state index < -0.39 is 0 Å². The second kappa shape index (κ2) is 10.8. The molecule has 2 aliphatic heterocycles. The van der Waals surface area contributed by atoms with Gasteiger partial charge >= 0.3 is 12.0 Å². The number of ether oxygens (including phenoxy) is 2. The molecule has 0 spiro atoms. The molecule has 0 aliphatic carbocycles. The number of nitrogens with zero attached hydrogens (tertiary/aromatic N) is 2. The summed E-state index contributed by atoms with van der Waals surface area (Å²) in [7, 11) is 1.60. The fraction of sp³-hybridized carbons (Fsp3) is 0.440. The van der Waals surface area contributed by atoms with Gasteiger partial charge in [-0.15, -0.1) is 0 Å². The maximum atomic E-state index is 13.3. The summed E-state index contributed by atoms with van der Waals surface area (Å²) in [5, 5.41) is 2.97. The lowest BCUT2D eigenvalue weighted by molar-refractivity contribution is -0.149. The van der Waals surface area contributed by atoms with Crippen LogP contribution < -0.4 is 15.8 Å². The number of hydrogen-bond donors (Lipinski definition) is 2. The lowest BCUT2D eigenvalue weighted by Gasteiger charge is -2.57. The number of carbonyl (C=O) groups is 2. The molecule has 34 heavy (non-hydrogen) atoms. The molecule has 2 aliphatic rings.